The van der Waals surface area contributed by atoms with E-state index in [1.54, 1.807) is 37.3 Å². The highest BCUT2D eigenvalue weighted by Crippen LogP contribution is 2.24. The fourth-order valence-corrected chi connectivity index (χ4v) is 2.68. The summed E-state index contributed by atoms with van der Waals surface area (Å²) in [6.45, 7) is 1.79. The minimum Gasteiger partial charge on any atom is -0.451 e. The van der Waals surface area contributed by atoms with Crippen molar-refractivity contribution in [2.75, 3.05) is 0 Å². The van der Waals surface area contributed by atoms with E-state index in [2.05, 4.69) is 26.4 Å². The molecule has 2 aromatic carbocycles. The Bertz CT molecular complexity index is 1120. The second kappa shape index (κ2) is 6.71. The van der Waals surface area contributed by atoms with Crippen molar-refractivity contribution in [1.29, 1.82) is 0 Å². The summed E-state index contributed by atoms with van der Waals surface area (Å²) in [5, 5.41) is 11.7. The lowest BCUT2D eigenvalue weighted by Crippen LogP contribution is -2.41. The maximum absolute atomic E-state index is 12.3. The normalized spacial score (nSPS) is 10.7. The van der Waals surface area contributed by atoms with Crippen molar-refractivity contribution in [2.45, 2.75) is 6.92 Å². The Morgan fingerprint density at radius 3 is 2.44 bits per heavy atom. The molecule has 0 spiro atoms. The largest absolute Gasteiger partial charge is 0.451 e. The van der Waals surface area contributed by atoms with Crippen LogP contribution in [-0.2, 0) is 0 Å². The maximum atomic E-state index is 12.3. The molecule has 2 aromatic heterocycles. The summed E-state index contributed by atoms with van der Waals surface area (Å²) in [6.07, 6.45) is 1.45. The van der Waals surface area contributed by atoms with Crippen molar-refractivity contribution in [2.24, 2.45) is 0 Å². The van der Waals surface area contributed by atoms with Crippen LogP contribution < -0.4 is 10.9 Å². The number of aryl methyl sites for hydroxylation is 1. The van der Waals surface area contributed by atoms with Gasteiger partial charge in [0.25, 0.3) is 5.91 Å². The summed E-state index contributed by atoms with van der Waals surface area (Å²) in [7, 11) is 0. The second-order valence-electron chi connectivity index (χ2n) is 5.76. The summed E-state index contributed by atoms with van der Waals surface area (Å²) >= 11 is 0. The van der Waals surface area contributed by atoms with Crippen LogP contribution >= 0.6 is 0 Å². The number of fused-ring (bicyclic) bond motifs is 1. The molecule has 0 fully saturated rings. The van der Waals surface area contributed by atoms with Gasteiger partial charge in [-0.1, -0.05) is 18.2 Å². The number of nitrogens with one attached hydrogen (secondary N) is 2. The Kier molecular flexibility index (Phi) is 4.09. The lowest BCUT2D eigenvalue weighted by Gasteiger charge is -2.07. The third-order valence-corrected chi connectivity index (χ3v) is 4.08. The monoisotopic (exact) mass is 362 g/mol. The van der Waals surface area contributed by atoms with Gasteiger partial charge in [-0.3, -0.25) is 20.4 Å². The predicted octanol–water partition coefficient (Wildman–Crippen LogP) is 1.79. The number of hydrazine groups is 1. The molecule has 0 atom stereocenters. The molecule has 4 rings (SSSR count). The molecule has 0 saturated heterocycles. The molecule has 9 heteroatoms. The predicted molar refractivity (Wildman–Crippen MR) is 95.0 cm³/mol. The fourth-order valence-electron chi connectivity index (χ4n) is 2.68. The number of hydrogen-bond donors (Lipinski definition) is 2. The van der Waals surface area contributed by atoms with Gasteiger partial charge in [-0.05, 0) is 47.7 Å². The number of tetrazole rings is 1. The maximum Gasteiger partial charge on any atom is 0.305 e. The first-order chi connectivity index (χ1) is 13.1. The molecule has 2 N–H and O–H groups in total. The topological polar surface area (TPSA) is 115 Å². The molecule has 2 amide bonds. The van der Waals surface area contributed by atoms with Gasteiger partial charge in [0, 0.05) is 16.5 Å². The number of carbonyl (C=O) groups excluding carboxylic acids is 2. The summed E-state index contributed by atoms with van der Waals surface area (Å²) in [4.78, 5) is 24.6. The van der Waals surface area contributed by atoms with Crippen molar-refractivity contribution in [3.63, 3.8) is 0 Å². The lowest BCUT2D eigenvalue weighted by atomic mass is 10.1. The number of para-hydroxylation sites is 1. The summed E-state index contributed by atoms with van der Waals surface area (Å²) in [6, 6.07) is 13.9. The molecule has 0 aliphatic rings. The molecule has 0 unspecified atom stereocenters. The molecular formula is C18H14N6O3. The molecule has 2 heterocycles. The quantitative estimate of drug-likeness (QED) is 0.537. The zero-order chi connectivity index (χ0) is 18.8. The van der Waals surface area contributed by atoms with Gasteiger partial charge in [-0.25, -0.2) is 4.68 Å². The fraction of sp³-hybridized carbons (Fsp3) is 0.0556. The van der Waals surface area contributed by atoms with Gasteiger partial charge in [0.1, 0.15) is 11.9 Å². The number of hydrogen-bond acceptors (Lipinski definition) is 6. The van der Waals surface area contributed by atoms with Gasteiger partial charge in [0.15, 0.2) is 5.76 Å². The van der Waals surface area contributed by atoms with Gasteiger partial charge in [-0.2, -0.15) is 0 Å². The molecule has 27 heavy (non-hydrogen) atoms. The zero-order valence-corrected chi connectivity index (χ0v) is 14.2. The van der Waals surface area contributed by atoms with Crippen LogP contribution in [-0.4, -0.2) is 32.0 Å². The first-order valence-corrected chi connectivity index (χ1v) is 8.06. The van der Waals surface area contributed by atoms with E-state index < -0.39 is 11.8 Å². The van der Waals surface area contributed by atoms with Crippen LogP contribution in [0.1, 0.15) is 26.5 Å². The van der Waals surface area contributed by atoms with Crippen molar-refractivity contribution >= 4 is 22.8 Å². The summed E-state index contributed by atoms with van der Waals surface area (Å²) < 4.78 is 7.04. The van der Waals surface area contributed by atoms with Crippen molar-refractivity contribution in [1.82, 2.24) is 31.1 Å². The van der Waals surface area contributed by atoms with Crippen LogP contribution in [0, 0.1) is 6.92 Å². The van der Waals surface area contributed by atoms with Crippen molar-refractivity contribution < 1.29 is 14.0 Å². The van der Waals surface area contributed by atoms with Gasteiger partial charge in [-0.15, -0.1) is 5.10 Å². The second-order valence-corrected chi connectivity index (χ2v) is 5.76. The van der Waals surface area contributed by atoms with E-state index in [0.717, 1.165) is 5.39 Å². The van der Waals surface area contributed by atoms with Gasteiger partial charge < -0.3 is 4.42 Å². The lowest BCUT2D eigenvalue weighted by molar-refractivity contribution is 0.0831. The molecule has 0 radical (unpaired) electrons. The SMILES string of the molecule is Cc1c(C(=O)NNC(=O)c2ccc(-n3cnnn3)cc2)oc2ccccc12. The van der Waals surface area contributed by atoms with Gasteiger partial charge in [0.2, 0.25) is 0 Å². The first kappa shape index (κ1) is 16.5. The average Bonchev–Trinajstić information content (AvgIpc) is 3.35. The van der Waals surface area contributed by atoms with Gasteiger partial charge >= 0.3 is 5.91 Å². The number of carbonyl (C=O) groups is 2. The Labute approximate surface area is 152 Å². The molecule has 4 aromatic rings. The standard InChI is InChI=1S/C18H14N6O3/c1-11-14-4-2-3-5-15(14)27-16(11)18(26)21-20-17(25)12-6-8-13(9-7-12)24-10-19-22-23-24/h2-10H,1H3,(H,20,25)(H,21,26). The highest BCUT2D eigenvalue weighted by Gasteiger charge is 2.18. The Morgan fingerprint density at radius 2 is 1.74 bits per heavy atom. The minimum absolute atomic E-state index is 0.158. The molecule has 0 aliphatic carbocycles. The number of amides is 2. The van der Waals surface area contributed by atoms with Crippen LogP contribution in [0.3, 0.4) is 0 Å². The molecule has 9 nitrogen and oxygen atoms in total. The van der Waals surface area contributed by atoms with E-state index in [1.165, 1.54) is 11.0 Å². The third-order valence-electron chi connectivity index (χ3n) is 4.08. The van der Waals surface area contributed by atoms with E-state index in [4.69, 9.17) is 4.42 Å². The number of aromatic nitrogens is 4. The Hall–Kier alpha value is -4.01. The average molecular weight is 362 g/mol. The van der Waals surface area contributed by atoms with Crippen LogP contribution in [0.15, 0.2) is 59.3 Å². The van der Waals surface area contributed by atoms with E-state index in [0.29, 0.717) is 22.4 Å². The molecule has 0 aliphatic heterocycles. The first-order valence-electron chi connectivity index (χ1n) is 8.06. The Balaban J connectivity index is 1.44. The van der Waals surface area contributed by atoms with Gasteiger partial charge in [0.05, 0.1) is 5.69 Å². The van der Waals surface area contributed by atoms with E-state index in [-0.39, 0.29) is 5.76 Å². The van der Waals surface area contributed by atoms with E-state index >= 15 is 0 Å². The number of benzene rings is 2. The number of rotatable bonds is 3. The minimum atomic E-state index is -0.526. The van der Waals surface area contributed by atoms with Crippen molar-refractivity contribution in [3.05, 3.63) is 71.7 Å². The number of furan rings is 1. The molecular weight excluding hydrogens is 348 g/mol. The smallest absolute Gasteiger partial charge is 0.305 e. The van der Waals surface area contributed by atoms with Crippen LogP contribution in [0.2, 0.25) is 0 Å². The van der Waals surface area contributed by atoms with Crippen LogP contribution in [0.4, 0.5) is 0 Å². The third kappa shape index (κ3) is 3.13. The molecule has 0 bridgehead atoms. The highest BCUT2D eigenvalue weighted by molar-refractivity contribution is 6.01. The van der Waals surface area contributed by atoms with Crippen molar-refractivity contribution in [3.8, 4) is 5.69 Å². The molecule has 134 valence electrons. The van der Waals surface area contributed by atoms with Crippen LogP contribution in [0.5, 0.6) is 0 Å². The zero-order valence-electron chi connectivity index (χ0n) is 14.2. The van der Waals surface area contributed by atoms with E-state index in [1.807, 2.05) is 18.2 Å². The highest BCUT2D eigenvalue weighted by atomic mass is 16.3. The summed E-state index contributed by atoms with van der Waals surface area (Å²) in [5.74, 6) is -0.826. The Morgan fingerprint density at radius 1 is 1.00 bits per heavy atom. The van der Waals surface area contributed by atoms with E-state index in [9.17, 15) is 9.59 Å². The summed E-state index contributed by atoms with van der Waals surface area (Å²) in [5.41, 5.74) is 7.15. The van der Waals surface area contributed by atoms with Crippen LogP contribution in [0.25, 0.3) is 16.7 Å². The number of nitrogens with zero attached hydrogens (tertiary/aromatic N) is 4. The molecule has 0 saturated carbocycles.